The van der Waals surface area contributed by atoms with Crippen LogP contribution in [0.15, 0.2) is 106 Å². The molecule has 1 aliphatic heterocycles. The van der Waals surface area contributed by atoms with Gasteiger partial charge < -0.3 is 5.11 Å². The van der Waals surface area contributed by atoms with Gasteiger partial charge >= 0.3 is 5.97 Å². The Balaban J connectivity index is 2.02. The second-order valence-corrected chi connectivity index (χ2v) is 8.75. The third-order valence-corrected chi connectivity index (χ3v) is 6.67. The van der Waals surface area contributed by atoms with Gasteiger partial charge in [0.25, 0.3) is 0 Å². The van der Waals surface area contributed by atoms with E-state index in [1.807, 2.05) is 91.0 Å². The van der Waals surface area contributed by atoms with Gasteiger partial charge in [0.05, 0.1) is 19.3 Å². The maximum Gasteiger partial charge on any atom is 0.309 e. The number of carboxylic acid groups (broad SMARTS) is 1. The molecule has 6 nitrogen and oxygen atoms in total. The number of nitrogens with zero attached hydrogens (tertiary/aromatic N) is 3. The van der Waals surface area contributed by atoms with Crippen LogP contribution in [0.5, 0.6) is 0 Å². The third kappa shape index (κ3) is 4.44. The van der Waals surface area contributed by atoms with Crippen LogP contribution in [-0.2, 0) is 25.9 Å². The van der Waals surface area contributed by atoms with E-state index in [-0.39, 0.29) is 6.42 Å². The maximum atomic E-state index is 11.3. The minimum Gasteiger partial charge on any atom is -0.481 e. The smallest absolute Gasteiger partial charge is 0.309 e. The third-order valence-electron chi connectivity index (χ3n) is 5.13. The van der Waals surface area contributed by atoms with Crippen molar-refractivity contribution in [3.8, 4) is 0 Å². The normalized spacial score (nSPS) is 17.5. The topological polar surface area (TPSA) is 83.6 Å². The van der Waals surface area contributed by atoms with E-state index >= 15 is 0 Å². The SMILES string of the molecule is CON=S1CC(CC(=O)O)=NC1=NC(c1ccccc1)(c1ccccc1)c1ccccc1. The molecule has 162 valence electrons. The van der Waals surface area contributed by atoms with E-state index in [1.54, 1.807) is 0 Å². The predicted molar refractivity (Wildman–Crippen MR) is 128 cm³/mol. The van der Waals surface area contributed by atoms with Crippen molar-refractivity contribution < 1.29 is 14.7 Å². The molecule has 1 heterocycles. The number of carbonyl (C=O) groups is 1. The summed E-state index contributed by atoms with van der Waals surface area (Å²) in [5.41, 5.74) is 2.60. The standard InChI is InChI=1S/C25H23N3O3S/c1-31-28-32-18-22(17-23(29)30)26-24(32)27-25(19-11-5-2-6-12-19,20-13-7-3-8-14-20)21-15-9-4-10-16-21/h2-16H,17-18H2,1H3,(H,29,30). The highest BCUT2D eigenvalue weighted by Gasteiger charge is 2.38. The summed E-state index contributed by atoms with van der Waals surface area (Å²) in [5.74, 6) is -0.528. The number of aliphatic imine (C=N–C) groups is 2. The van der Waals surface area contributed by atoms with Gasteiger partial charge in [0, 0.05) is 16.4 Å². The largest absolute Gasteiger partial charge is 0.481 e. The molecule has 3 aromatic rings. The van der Waals surface area contributed by atoms with Crippen molar-refractivity contribution in [2.75, 3.05) is 12.9 Å². The average Bonchev–Trinajstić information content (AvgIpc) is 3.19. The summed E-state index contributed by atoms with van der Waals surface area (Å²) >= 11 is 0. The fourth-order valence-corrected chi connectivity index (χ4v) is 5.20. The van der Waals surface area contributed by atoms with Crippen molar-refractivity contribution >= 4 is 27.5 Å². The van der Waals surface area contributed by atoms with Crippen LogP contribution in [0, 0.1) is 0 Å². The summed E-state index contributed by atoms with van der Waals surface area (Å²) < 4.78 is 4.22. The molecule has 0 saturated carbocycles. The fraction of sp³-hybridized carbons (Fsp3) is 0.160. The Labute approximate surface area is 189 Å². The predicted octanol–water partition coefficient (Wildman–Crippen LogP) is 4.63. The molecule has 32 heavy (non-hydrogen) atoms. The highest BCUT2D eigenvalue weighted by Crippen LogP contribution is 2.41. The summed E-state index contributed by atoms with van der Waals surface area (Å²) in [4.78, 5) is 26.2. The zero-order valence-electron chi connectivity index (χ0n) is 17.6. The first-order chi connectivity index (χ1) is 15.6. The van der Waals surface area contributed by atoms with Crippen LogP contribution in [0.3, 0.4) is 0 Å². The maximum absolute atomic E-state index is 11.3. The second-order valence-electron chi connectivity index (χ2n) is 7.22. The molecule has 0 radical (unpaired) electrons. The molecule has 0 fully saturated rings. The Morgan fingerprint density at radius 2 is 1.41 bits per heavy atom. The van der Waals surface area contributed by atoms with Gasteiger partial charge in [-0.15, -0.1) is 4.53 Å². The Morgan fingerprint density at radius 1 is 0.938 bits per heavy atom. The highest BCUT2D eigenvalue weighted by atomic mass is 32.2. The zero-order valence-corrected chi connectivity index (χ0v) is 18.4. The number of benzene rings is 3. The summed E-state index contributed by atoms with van der Waals surface area (Å²) in [6.45, 7) is 0. The van der Waals surface area contributed by atoms with Crippen LogP contribution in [0.4, 0.5) is 0 Å². The average molecular weight is 446 g/mol. The minimum absolute atomic E-state index is 0.142. The van der Waals surface area contributed by atoms with Crippen LogP contribution < -0.4 is 0 Å². The van der Waals surface area contributed by atoms with Gasteiger partial charge in [-0.25, -0.2) is 14.8 Å². The van der Waals surface area contributed by atoms with E-state index in [9.17, 15) is 9.90 Å². The monoisotopic (exact) mass is 445 g/mol. The zero-order chi connectivity index (χ0) is 22.4. The molecule has 1 unspecified atom stereocenters. The summed E-state index contributed by atoms with van der Waals surface area (Å²) in [7, 11) is 0.691. The van der Waals surface area contributed by atoms with Crippen molar-refractivity contribution in [3.63, 3.8) is 0 Å². The molecule has 0 spiro atoms. The number of hydrogen-bond donors (Lipinski definition) is 1. The molecule has 1 aliphatic rings. The molecule has 1 N–H and O–H groups in total. The Morgan fingerprint density at radius 3 is 1.81 bits per heavy atom. The Bertz CT molecular complexity index is 1080. The number of amidine groups is 1. The van der Waals surface area contributed by atoms with Crippen LogP contribution in [0.2, 0.25) is 0 Å². The molecule has 4 rings (SSSR count). The summed E-state index contributed by atoms with van der Waals surface area (Å²) in [6.07, 6.45) is -0.142. The second kappa shape index (κ2) is 9.80. The molecule has 0 bridgehead atoms. The van der Waals surface area contributed by atoms with Gasteiger partial charge in [0.2, 0.25) is 0 Å². The van der Waals surface area contributed by atoms with Gasteiger partial charge in [0.1, 0.15) is 5.54 Å². The molecular weight excluding hydrogens is 422 g/mol. The molecule has 7 heteroatoms. The van der Waals surface area contributed by atoms with Crippen LogP contribution in [0.25, 0.3) is 0 Å². The number of carboxylic acids is 1. The quantitative estimate of drug-likeness (QED) is 0.425. The molecule has 0 amide bonds. The van der Waals surface area contributed by atoms with Crippen molar-refractivity contribution in [2.24, 2.45) is 14.5 Å². The molecular formula is C25H23N3O3S. The van der Waals surface area contributed by atoms with Crippen molar-refractivity contribution in [3.05, 3.63) is 108 Å². The number of rotatable bonds is 7. The summed E-state index contributed by atoms with van der Waals surface area (Å²) in [6, 6.07) is 30.1. The van der Waals surface area contributed by atoms with E-state index in [0.29, 0.717) is 16.6 Å². The molecule has 0 aromatic heterocycles. The van der Waals surface area contributed by atoms with E-state index < -0.39 is 22.2 Å². The fourth-order valence-electron chi connectivity index (χ4n) is 3.81. The van der Waals surface area contributed by atoms with Crippen LogP contribution in [-0.4, -0.2) is 34.8 Å². The number of hydrogen-bond acceptors (Lipinski definition) is 4. The van der Waals surface area contributed by atoms with Crippen LogP contribution in [0.1, 0.15) is 23.1 Å². The number of aliphatic carboxylic acids is 1. The molecule has 1 atom stereocenters. The van der Waals surface area contributed by atoms with Gasteiger partial charge in [-0.2, -0.15) is 0 Å². The molecule has 3 aromatic carbocycles. The lowest BCUT2D eigenvalue weighted by atomic mass is 9.77. The van der Waals surface area contributed by atoms with E-state index in [4.69, 9.17) is 9.83 Å². The molecule has 0 aliphatic carbocycles. The Hall–Kier alpha value is -3.42. The molecule has 0 saturated heterocycles. The van der Waals surface area contributed by atoms with Crippen molar-refractivity contribution in [2.45, 2.75) is 12.0 Å². The van der Waals surface area contributed by atoms with E-state index in [2.05, 4.69) is 9.52 Å². The lowest BCUT2D eigenvalue weighted by Gasteiger charge is -2.32. The lowest BCUT2D eigenvalue weighted by Crippen LogP contribution is -2.29. The van der Waals surface area contributed by atoms with Gasteiger partial charge in [-0.1, -0.05) is 91.0 Å². The first-order valence-corrected chi connectivity index (χ1v) is 11.5. The first kappa shape index (κ1) is 21.8. The minimum atomic E-state index is -0.925. The van der Waals surface area contributed by atoms with Crippen molar-refractivity contribution in [1.29, 1.82) is 0 Å². The van der Waals surface area contributed by atoms with Gasteiger partial charge in [-0.3, -0.25) is 4.79 Å². The Kier molecular flexibility index (Phi) is 6.68. The van der Waals surface area contributed by atoms with Gasteiger partial charge in [0.15, 0.2) is 5.17 Å². The van der Waals surface area contributed by atoms with Crippen LogP contribution >= 0.6 is 0 Å². The highest BCUT2D eigenvalue weighted by molar-refractivity contribution is 8.03. The van der Waals surface area contributed by atoms with Gasteiger partial charge in [-0.05, 0) is 16.7 Å². The summed E-state index contributed by atoms with van der Waals surface area (Å²) in [5, 5.41) is 9.75. The van der Waals surface area contributed by atoms with E-state index in [0.717, 1.165) is 16.7 Å². The lowest BCUT2D eigenvalue weighted by molar-refractivity contribution is -0.135. The van der Waals surface area contributed by atoms with Crippen molar-refractivity contribution in [1.82, 2.24) is 0 Å². The first-order valence-electron chi connectivity index (χ1n) is 10.1. The van der Waals surface area contributed by atoms with E-state index in [1.165, 1.54) is 7.11 Å².